The number of rotatable bonds is 8. The van der Waals surface area contributed by atoms with E-state index in [1.165, 1.54) is 6.92 Å². The van der Waals surface area contributed by atoms with E-state index in [9.17, 15) is 22.0 Å². The number of benzene rings is 1. The first-order valence-corrected chi connectivity index (χ1v) is 8.62. The number of hydrogen-bond donors (Lipinski definition) is 1. The molecule has 0 aliphatic rings. The number of amides is 1. The Morgan fingerprint density at radius 3 is 2.55 bits per heavy atom. The summed E-state index contributed by atoms with van der Waals surface area (Å²) in [7, 11) is -3.41. The standard InChI is InChI=1S/C14H20F2N2O3S/c1-3-4-9-22(20,21)17-7-8-18(11(2)19)14-6-5-12(15)10-13(14)16/h5-6,10,17H,3-4,7-9H2,1-2H3. The Hall–Kier alpha value is -1.54. The largest absolute Gasteiger partial charge is 0.309 e. The highest BCUT2D eigenvalue weighted by molar-refractivity contribution is 7.89. The maximum Gasteiger partial charge on any atom is 0.223 e. The first kappa shape index (κ1) is 18.5. The van der Waals surface area contributed by atoms with Crippen LogP contribution in [0.25, 0.3) is 0 Å². The molecular weight excluding hydrogens is 314 g/mol. The lowest BCUT2D eigenvalue weighted by molar-refractivity contribution is -0.116. The Labute approximate surface area is 129 Å². The number of sulfonamides is 1. The van der Waals surface area contributed by atoms with Crippen molar-refractivity contribution in [1.82, 2.24) is 4.72 Å². The van der Waals surface area contributed by atoms with Gasteiger partial charge in [-0.25, -0.2) is 21.9 Å². The molecule has 1 aromatic carbocycles. The molecule has 0 spiro atoms. The molecule has 22 heavy (non-hydrogen) atoms. The van der Waals surface area contributed by atoms with Gasteiger partial charge < -0.3 is 4.90 Å². The number of hydrogen-bond acceptors (Lipinski definition) is 3. The minimum atomic E-state index is -3.41. The highest BCUT2D eigenvalue weighted by atomic mass is 32.2. The second kappa shape index (κ2) is 8.19. The zero-order valence-electron chi connectivity index (χ0n) is 12.6. The zero-order chi connectivity index (χ0) is 16.8. The molecular formula is C14H20F2N2O3S. The molecule has 1 amide bonds. The number of carbonyl (C=O) groups is 1. The van der Waals surface area contributed by atoms with Gasteiger partial charge >= 0.3 is 0 Å². The van der Waals surface area contributed by atoms with Gasteiger partial charge in [-0.05, 0) is 18.6 Å². The lowest BCUT2D eigenvalue weighted by atomic mass is 10.2. The molecule has 0 aromatic heterocycles. The summed E-state index contributed by atoms with van der Waals surface area (Å²) in [5, 5.41) is 0. The number of anilines is 1. The van der Waals surface area contributed by atoms with Crippen LogP contribution in [-0.2, 0) is 14.8 Å². The summed E-state index contributed by atoms with van der Waals surface area (Å²) < 4.78 is 52.3. The van der Waals surface area contributed by atoms with E-state index in [4.69, 9.17) is 0 Å². The van der Waals surface area contributed by atoms with Crippen molar-refractivity contribution in [3.05, 3.63) is 29.8 Å². The van der Waals surface area contributed by atoms with Crippen molar-refractivity contribution >= 4 is 21.6 Å². The third-order valence-corrected chi connectivity index (χ3v) is 4.47. The third-order valence-electron chi connectivity index (χ3n) is 3.00. The maximum atomic E-state index is 13.7. The van der Waals surface area contributed by atoms with Gasteiger partial charge in [0.1, 0.15) is 11.6 Å². The van der Waals surface area contributed by atoms with Crippen molar-refractivity contribution in [3.63, 3.8) is 0 Å². The van der Waals surface area contributed by atoms with Gasteiger partial charge in [0.25, 0.3) is 0 Å². The molecule has 124 valence electrons. The van der Waals surface area contributed by atoms with Gasteiger partial charge in [0, 0.05) is 26.1 Å². The molecule has 1 aromatic rings. The van der Waals surface area contributed by atoms with Crippen molar-refractivity contribution in [2.24, 2.45) is 0 Å². The molecule has 1 N–H and O–H groups in total. The summed E-state index contributed by atoms with van der Waals surface area (Å²) in [6.45, 7) is 3.03. The number of halogens is 2. The molecule has 0 aliphatic carbocycles. The summed E-state index contributed by atoms with van der Waals surface area (Å²) in [6, 6.07) is 2.87. The Morgan fingerprint density at radius 1 is 1.32 bits per heavy atom. The summed E-state index contributed by atoms with van der Waals surface area (Å²) in [4.78, 5) is 12.7. The van der Waals surface area contributed by atoms with E-state index >= 15 is 0 Å². The van der Waals surface area contributed by atoms with Gasteiger partial charge in [0.2, 0.25) is 15.9 Å². The van der Waals surface area contributed by atoms with Crippen molar-refractivity contribution in [2.45, 2.75) is 26.7 Å². The van der Waals surface area contributed by atoms with Crippen molar-refractivity contribution in [3.8, 4) is 0 Å². The van der Waals surface area contributed by atoms with Gasteiger partial charge in [-0.3, -0.25) is 4.79 Å². The van der Waals surface area contributed by atoms with Crippen molar-refractivity contribution < 1.29 is 22.0 Å². The molecule has 0 atom stereocenters. The normalized spacial score (nSPS) is 11.5. The quantitative estimate of drug-likeness (QED) is 0.791. The molecule has 0 radical (unpaired) electrons. The van der Waals surface area contributed by atoms with Gasteiger partial charge in [-0.15, -0.1) is 0 Å². The lowest BCUT2D eigenvalue weighted by Crippen LogP contribution is -2.38. The van der Waals surface area contributed by atoms with E-state index in [0.29, 0.717) is 12.5 Å². The number of unbranched alkanes of at least 4 members (excludes halogenated alkanes) is 1. The Balaban J connectivity index is 2.72. The maximum absolute atomic E-state index is 13.7. The van der Waals surface area contributed by atoms with Crippen molar-refractivity contribution in [2.75, 3.05) is 23.7 Å². The fourth-order valence-electron chi connectivity index (χ4n) is 1.87. The van der Waals surface area contributed by atoms with Crippen LogP contribution in [0.15, 0.2) is 18.2 Å². The van der Waals surface area contributed by atoms with Crippen LogP contribution in [-0.4, -0.2) is 33.2 Å². The molecule has 1 rings (SSSR count). The third kappa shape index (κ3) is 5.69. The van der Waals surface area contributed by atoms with Crippen LogP contribution in [0.2, 0.25) is 0 Å². The first-order valence-electron chi connectivity index (χ1n) is 6.97. The van der Waals surface area contributed by atoms with Gasteiger partial charge in [-0.2, -0.15) is 0 Å². The van der Waals surface area contributed by atoms with E-state index in [2.05, 4.69) is 4.72 Å². The summed E-state index contributed by atoms with van der Waals surface area (Å²) in [5.41, 5.74) is -0.0818. The predicted octanol–water partition coefficient (Wildman–Crippen LogP) is 2.04. The van der Waals surface area contributed by atoms with Gasteiger partial charge in [0.05, 0.1) is 11.4 Å². The topological polar surface area (TPSA) is 66.5 Å². The fourth-order valence-corrected chi connectivity index (χ4v) is 3.08. The molecule has 0 heterocycles. The van der Waals surface area contributed by atoms with Crippen LogP contribution in [0.3, 0.4) is 0 Å². The second-order valence-electron chi connectivity index (χ2n) is 4.83. The predicted molar refractivity (Wildman–Crippen MR) is 81.1 cm³/mol. The smallest absolute Gasteiger partial charge is 0.223 e. The zero-order valence-corrected chi connectivity index (χ0v) is 13.4. The Bertz CT molecular complexity index is 621. The van der Waals surface area contributed by atoms with Crippen LogP contribution < -0.4 is 9.62 Å². The van der Waals surface area contributed by atoms with E-state index in [-0.39, 0.29) is 24.5 Å². The Kier molecular flexibility index (Phi) is 6.89. The molecule has 0 aliphatic heterocycles. The number of nitrogens with zero attached hydrogens (tertiary/aromatic N) is 1. The molecule has 0 saturated carbocycles. The van der Waals surface area contributed by atoms with Crippen LogP contribution >= 0.6 is 0 Å². The fraction of sp³-hybridized carbons (Fsp3) is 0.500. The highest BCUT2D eigenvalue weighted by Crippen LogP contribution is 2.20. The van der Waals surface area contributed by atoms with Gasteiger partial charge in [-0.1, -0.05) is 13.3 Å². The monoisotopic (exact) mass is 334 g/mol. The van der Waals surface area contributed by atoms with Crippen LogP contribution in [0.5, 0.6) is 0 Å². The molecule has 0 fully saturated rings. The average molecular weight is 334 g/mol. The van der Waals surface area contributed by atoms with Gasteiger partial charge in [0.15, 0.2) is 0 Å². The number of nitrogens with one attached hydrogen (secondary N) is 1. The molecule has 0 saturated heterocycles. The summed E-state index contributed by atoms with van der Waals surface area (Å²) >= 11 is 0. The first-order chi connectivity index (χ1) is 10.3. The highest BCUT2D eigenvalue weighted by Gasteiger charge is 2.17. The molecule has 5 nitrogen and oxygen atoms in total. The van der Waals surface area contributed by atoms with Crippen LogP contribution in [0.1, 0.15) is 26.7 Å². The van der Waals surface area contributed by atoms with E-state index in [1.807, 2.05) is 6.92 Å². The molecule has 8 heteroatoms. The van der Waals surface area contributed by atoms with E-state index in [0.717, 1.165) is 23.5 Å². The van der Waals surface area contributed by atoms with Crippen LogP contribution in [0.4, 0.5) is 14.5 Å². The minimum absolute atomic E-state index is 0.00841. The minimum Gasteiger partial charge on any atom is -0.309 e. The molecule has 0 unspecified atom stereocenters. The molecule has 0 bridgehead atoms. The summed E-state index contributed by atoms with van der Waals surface area (Å²) in [5.74, 6) is -2.07. The average Bonchev–Trinajstić information content (AvgIpc) is 2.42. The second-order valence-corrected chi connectivity index (χ2v) is 6.76. The van der Waals surface area contributed by atoms with Crippen molar-refractivity contribution in [1.29, 1.82) is 0 Å². The lowest BCUT2D eigenvalue weighted by Gasteiger charge is -2.22. The summed E-state index contributed by atoms with van der Waals surface area (Å²) in [6.07, 6.45) is 1.29. The number of carbonyl (C=O) groups excluding carboxylic acids is 1. The van der Waals surface area contributed by atoms with Crippen LogP contribution in [0, 0.1) is 11.6 Å². The SMILES string of the molecule is CCCCS(=O)(=O)NCCN(C(C)=O)c1ccc(F)cc1F. The van der Waals surface area contributed by atoms with E-state index < -0.39 is 27.6 Å². The Morgan fingerprint density at radius 2 is 2.00 bits per heavy atom. The van der Waals surface area contributed by atoms with E-state index in [1.54, 1.807) is 0 Å².